The fourth-order valence-electron chi connectivity index (χ4n) is 2.63. The van der Waals surface area contributed by atoms with Gasteiger partial charge in [0.2, 0.25) is 0 Å². The van der Waals surface area contributed by atoms with Crippen molar-refractivity contribution in [3.05, 3.63) is 52.8 Å². The number of para-hydroxylation sites is 1. The van der Waals surface area contributed by atoms with Gasteiger partial charge in [0.05, 0.1) is 21.3 Å². The highest BCUT2D eigenvalue weighted by molar-refractivity contribution is 5.53. The molecule has 2 rings (SSSR count). The van der Waals surface area contributed by atoms with Crippen molar-refractivity contribution in [2.75, 3.05) is 27.9 Å². The van der Waals surface area contributed by atoms with Crippen molar-refractivity contribution in [3.63, 3.8) is 0 Å². The van der Waals surface area contributed by atoms with E-state index >= 15 is 0 Å². The number of hydrogen-bond donors (Lipinski definition) is 1. The smallest absolute Gasteiger partial charge is 0.186 e. The SMILES string of the molecule is COc1ccccc1CNCCc1cc(OC)c(C#N)c(F)c1OC. The van der Waals surface area contributed by atoms with Gasteiger partial charge in [0.1, 0.15) is 23.1 Å². The Kier molecular flexibility index (Phi) is 6.61. The second-order valence-electron chi connectivity index (χ2n) is 5.31. The van der Waals surface area contributed by atoms with Crippen molar-refractivity contribution in [2.45, 2.75) is 13.0 Å². The Labute approximate surface area is 146 Å². The van der Waals surface area contributed by atoms with E-state index in [1.165, 1.54) is 14.2 Å². The number of nitrogens with one attached hydrogen (secondary N) is 1. The van der Waals surface area contributed by atoms with Gasteiger partial charge in [-0.05, 0) is 25.1 Å². The third kappa shape index (κ3) is 4.20. The summed E-state index contributed by atoms with van der Waals surface area (Å²) in [7, 11) is 4.43. The lowest BCUT2D eigenvalue weighted by Crippen LogP contribution is -2.17. The van der Waals surface area contributed by atoms with E-state index in [9.17, 15) is 4.39 Å². The number of nitriles is 1. The quantitative estimate of drug-likeness (QED) is 0.746. The maximum absolute atomic E-state index is 14.4. The maximum Gasteiger partial charge on any atom is 0.186 e. The van der Waals surface area contributed by atoms with Crippen LogP contribution in [0.4, 0.5) is 4.39 Å². The number of ether oxygens (including phenoxy) is 3. The normalized spacial score (nSPS) is 10.2. The summed E-state index contributed by atoms with van der Waals surface area (Å²) >= 11 is 0. The minimum Gasteiger partial charge on any atom is -0.496 e. The molecule has 0 amide bonds. The summed E-state index contributed by atoms with van der Waals surface area (Å²) in [5.41, 5.74) is 1.54. The lowest BCUT2D eigenvalue weighted by atomic mass is 10.1. The zero-order valence-electron chi connectivity index (χ0n) is 14.6. The minimum absolute atomic E-state index is 0.0800. The fourth-order valence-corrected chi connectivity index (χ4v) is 2.63. The number of rotatable bonds is 8. The average molecular weight is 344 g/mol. The molecular formula is C19H21FN2O3. The lowest BCUT2D eigenvalue weighted by molar-refractivity contribution is 0.370. The molecule has 0 saturated heterocycles. The average Bonchev–Trinajstić information content (AvgIpc) is 2.65. The number of nitrogens with zero attached hydrogens (tertiary/aromatic N) is 1. The van der Waals surface area contributed by atoms with Gasteiger partial charge in [-0.3, -0.25) is 0 Å². The van der Waals surface area contributed by atoms with Gasteiger partial charge in [0.15, 0.2) is 11.6 Å². The number of methoxy groups -OCH3 is 3. The Bertz CT molecular complexity index is 772. The van der Waals surface area contributed by atoms with E-state index in [0.717, 1.165) is 11.3 Å². The van der Waals surface area contributed by atoms with Crippen molar-refractivity contribution in [2.24, 2.45) is 0 Å². The summed E-state index contributed by atoms with van der Waals surface area (Å²) < 4.78 is 30.0. The van der Waals surface area contributed by atoms with Crippen molar-refractivity contribution in [1.82, 2.24) is 5.32 Å². The summed E-state index contributed by atoms with van der Waals surface area (Å²) in [5.74, 6) is 0.416. The first kappa shape index (κ1) is 18.6. The van der Waals surface area contributed by atoms with E-state index in [2.05, 4.69) is 5.32 Å². The largest absolute Gasteiger partial charge is 0.496 e. The van der Waals surface area contributed by atoms with E-state index in [4.69, 9.17) is 19.5 Å². The molecule has 2 aromatic carbocycles. The fraction of sp³-hybridized carbons (Fsp3) is 0.316. The summed E-state index contributed by atoms with van der Waals surface area (Å²) in [5, 5.41) is 12.4. The Morgan fingerprint density at radius 3 is 2.40 bits per heavy atom. The molecule has 0 fully saturated rings. The van der Waals surface area contributed by atoms with E-state index in [0.29, 0.717) is 25.1 Å². The van der Waals surface area contributed by atoms with Gasteiger partial charge in [-0.25, -0.2) is 4.39 Å². The van der Waals surface area contributed by atoms with Crippen molar-refractivity contribution in [3.8, 4) is 23.3 Å². The number of hydrogen-bond acceptors (Lipinski definition) is 5. The van der Waals surface area contributed by atoms with Crippen LogP contribution in [0.5, 0.6) is 17.2 Å². The molecular weight excluding hydrogens is 323 g/mol. The van der Waals surface area contributed by atoms with Gasteiger partial charge in [-0.15, -0.1) is 0 Å². The van der Waals surface area contributed by atoms with Gasteiger partial charge in [-0.1, -0.05) is 18.2 Å². The second-order valence-corrected chi connectivity index (χ2v) is 5.31. The second kappa shape index (κ2) is 8.90. The molecule has 0 atom stereocenters. The molecule has 0 bridgehead atoms. The summed E-state index contributed by atoms with van der Waals surface area (Å²) in [6.45, 7) is 1.23. The molecule has 0 spiro atoms. The summed E-state index contributed by atoms with van der Waals surface area (Å²) in [6.07, 6.45) is 0.525. The molecule has 132 valence electrons. The maximum atomic E-state index is 14.4. The van der Waals surface area contributed by atoms with Gasteiger partial charge in [-0.2, -0.15) is 5.26 Å². The Hall–Kier alpha value is -2.78. The van der Waals surface area contributed by atoms with Crippen molar-refractivity contribution in [1.29, 1.82) is 5.26 Å². The van der Waals surface area contributed by atoms with Crippen LogP contribution in [0, 0.1) is 17.1 Å². The van der Waals surface area contributed by atoms with Gasteiger partial charge in [0, 0.05) is 17.7 Å². The van der Waals surface area contributed by atoms with Crippen LogP contribution in [0.2, 0.25) is 0 Å². The van der Waals surface area contributed by atoms with E-state index in [-0.39, 0.29) is 17.1 Å². The molecule has 2 aromatic rings. The van der Waals surface area contributed by atoms with E-state index < -0.39 is 5.82 Å². The molecule has 0 radical (unpaired) electrons. The highest BCUT2D eigenvalue weighted by Crippen LogP contribution is 2.32. The first-order valence-corrected chi connectivity index (χ1v) is 7.82. The molecule has 0 aliphatic heterocycles. The molecule has 25 heavy (non-hydrogen) atoms. The van der Waals surface area contributed by atoms with Crippen LogP contribution in [0.3, 0.4) is 0 Å². The standard InChI is InChI=1S/C19H21FN2O3/c1-23-16-7-5-4-6-14(16)12-22-9-8-13-10-17(24-2)15(11-21)18(20)19(13)25-3/h4-7,10,22H,8-9,12H2,1-3H3. The summed E-state index contributed by atoms with van der Waals surface area (Å²) in [4.78, 5) is 0. The Morgan fingerprint density at radius 1 is 1.04 bits per heavy atom. The Morgan fingerprint density at radius 2 is 1.76 bits per heavy atom. The highest BCUT2D eigenvalue weighted by Gasteiger charge is 2.19. The molecule has 0 aromatic heterocycles. The molecule has 0 unspecified atom stereocenters. The molecule has 0 heterocycles. The third-order valence-corrected chi connectivity index (χ3v) is 3.88. The van der Waals surface area contributed by atoms with Gasteiger partial charge < -0.3 is 19.5 Å². The van der Waals surface area contributed by atoms with Crippen molar-refractivity contribution >= 4 is 0 Å². The zero-order chi connectivity index (χ0) is 18.2. The van der Waals surface area contributed by atoms with Crippen LogP contribution >= 0.6 is 0 Å². The van der Waals surface area contributed by atoms with Crippen LogP contribution < -0.4 is 19.5 Å². The Balaban J connectivity index is 2.08. The van der Waals surface area contributed by atoms with Gasteiger partial charge in [0.25, 0.3) is 0 Å². The molecule has 0 saturated carbocycles. The zero-order valence-corrected chi connectivity index (χ0v) is 14.6. The molecule has 5 nitrogen and oxygen atoms in total. The first-order chi connectivity index (χ1) is 12.2. The molecule has 0 aliphatic carbocycles. The van der Waals surface area contributed by atoms with Crippen LogP contribution in [0.25, 0.3) is 0 Å². The minimum atomic E-state index is -0.691. The predicted octanol–water partition coefficient (Wildman–Crippen LogP) is 3.06. The van der Waals surface area contributed by atoms with E-state index in [1.54, 1.807) is 13.2 Å². The van der Waals surface area contributed by atoms with Crippen LogP contribution in [0.1, 0.15) is 16.7 Å². The molecule has 0 aliphatic rings. The highest BCUT2D eigenvalue weighted by atomic mass is 19.1. The van der Waals surface area contributed by atoms with Gasteiger partial charge >= 0.3 is 0 Å². The monoisotopic (exact) mass is 344 g/mol. The third-order valence-electron chi connectivity index (χ3n) is 3.88. The lowest BCUT2D eigenvalue weighted by Gasteiger charge is -2.14. The molecule has 1 N–H and O–H groups in total. The topological polar surface area (TPSA) is 63.5 Å². The first-order valence-electron chi connectivity index (χ1n) is 7.82. The van der Waals surface area contributed by atoms with Crippen LogP contribution in [0.15, 0.2) is 30.3 Å². The number of benzene rings is 2. The number of halogens is 1. The summed E-state index contributed by atoms with van der Waals surface area (Å²) in [6, 6.07) is 11.2. The predicted molar refractivity (Wildman–Crippen MR) is 92.6 cm³/mol. The van der Waals surface area contributed by atoms with Crippen LogP contribution in [-0.2, 0) is 13.0 Å². The van der Waals surface area contributed by atoms with Crippen molar-refractivity contribution < 1.29 is 18.6 Å². The van der Waals surface area contributed by atoms with Crippen LogP contribution in [-0.4, -0.2) is 27.9 Å². The van der Waals surface area contributed by atoms with E-state index in [1.807, 2.05) is 30.3 Å². The molecule has 6 heteroatoms.